The number of aryl methyl sites for hydroxylation is 2. The molecule has 3 rings (SSSR count). The molecule has 30 heavy (non-hydrogen) atoms. The highest BCUT2D eigenvalue weighted by Gasteiger charge is 2.12. The summed E-state index contributed by atoms with van der Waals surface area (Å²) in [4.78, 5) is 9.05. The Bertz CT molecular complexity index is 1200. The third kappa shape index (κ3) is 4.80. The lowest BCUT2D eigenvalue weighted by molar-refractivity contribution is 0.373. The largest absolute Gasteiger partial charge is 0.504 e. The lowest BCUT2D eigenvalue weighted by Crippen LogP contribution is -1.95. The molecule has 6 nitrogen and oxygen atoms in total. The molecule has 0 atom stereocenters. The minimum Gasteiger partial charge on any atom is -0.504 e. The summed E-state index contributed by atoms with van der Waals surface area (Å²) in [6.07, 6.45) is 1.71. The van der Waals surface area contributed by atoms with E-state index < -0.39 is 0 Å². The molecule has 8 heteroatoms. The fourth-order valence-corrected chi connectivity index (χ4v) is 4.66. The van der Waals surface area contributed by atoms with Crippen LogP contribution in [0.4, 0.5) is 0 Å². The van der Waals surface area contributed by atoms with Crippen molar-refractivity contribution in [1.29, 1.82) is 10.5 Å². The van der Waals surface area contributed by atoms with E-state index in [0.717, 1.165) is 22.5 Å². The number of phenols is 1. The molecule has 3 aromatic rings. The van der Waals surface area contributed by atoms with Crippen molar-refractivity contribution in [2.75, 3.05) is 7.11 Å². The third-order valence-corrected chi connectivity index (χ3v) is 6.13. The van der Waals surface area contributed by atoms with Gasteiger partial charge in [-0.05, 0) is 49.2 Å². The number of hydrogen-bond donors (Lipinski definition) is 1. The Morgan fingerprint density at radius 2 is 2.07 bits per heavy atom. The Kier molecular flexibility index (Phi) is 6.73. The smallest absolute Gasteiger partial charge is 0.161 e. The minimum absolute atomic E-state index is 0.0402. The predicted molar refractivity (Wildman–Crippen MR) is 118 cm³/mol. The average Bonchev–Trinajstić information content (AvgIpc) is 3.20. The molecule has 2 heterocycles. The first-order chi connectivity index (χ1) is 14.4. The van der Waals surface area contributed by atoms with E-state index in [0.29, 0.717) is 32.7 Å². The van der Waals surface area contributed by atoms with Gasteiger partial charge in [-0.3, -0.25) is 0 Å². The number of phenolic OH excluding ortho intramolecular Hbond substituents is 1. The van der Waals surface area contributed by atoms with Crippen molar-refractivity contribution in [2.45, 2.75) is 24.6 Å². The average molecular weight is 435 g/mol. The van der Waals surface area contributed by atoms with Crippen LogP contribution in [0.5, 0.6) is 11.5 Å². The van der Waals surface area contributed by atoms with Gasteiger partial charge in [0.25, 0.3) is 0 Å². The zero-order valence-corrected chi connectivity index (χ0v) is 18.3. The Morgan fingerprint density at radius 1 is 1.27 bits per heavy atom. The van der Waals surface area contributed by atoms with E-state index in [1.165, 1.54) is 36.3 Å². The number of thiazole rings is 1. The van der Waals surface area contributed by atoms with Crippen LogP contribution in [-0.4, -0.2) is 22.2 Å². The Balaban J connectivity index is 1.80. The number of nitriles is 2. The molecule has 0 amide bonds. The molecule has 1 aromatic carbocycles. The molecule has 0 saturated heterocycles. The maximum atomic E-state index is 9.72. The highest BCUT2D eigenvalue weighted by molar-refractivity contribution is 7.98. The Labute approximate surface area is 183 Å². The number of aromatic nitrogens is 2. The number of ether oxygens (including phenoxy) is 1. The fourth-order valence-electron chi connectivity index (χ4n) is 2.77. The molecule has 0 bridgehead atoms. The summed E-state index contributed by atoms with van der Waals surface area (Å²) in [5, 5.41) is 31.9. The van der Waals surface area contributed by atoms with E-state index in [1.54, 1.807) is 18.2 Å². The Morgan fingerprint density at radius 3 is 2.77 bits per heavy atom. The normalized spacial score (nSPS) is 11.0. The fraction of sp³-hybridized carbons (Fsp3) is 0.182. The van der Waals surface area contributed by atoms with Gasteiger partial charge in [-0.25, -0.2) is 9.97 Å². The summed E-state index contributed by atoms with van der Waals surface area (Å²) in [6, 6.07) is 11.2. The van der Waals surface area contributed by atoms with Crippen LogP contribution in [0.25, 0.3) is 11.6 Å². The molecule has 0 unspecified atom stereocenters. The zero-order chi connectivity index (χ0) is 21.7. The van der Waals surface area contributed by atoms with Crippen molar-refractivity contribution in [1.82, 2.24) is 9.97 Å². The molecule has 2 aromatic heterocycles. The monoisotopic (exact) mass is 434 g/mol. The highest BCUT2D eigenvalue weighted by Crippen LogP contribution is 2.31. The van der Waals surface area contributed by atoms with Crippen molar-refractivity contribution >= 4 is 34.7 Å². The number of nitrogens with zero attached hydrogens (tertiary/aromatic N) is 4. The van der Waals surface area contributed by atoms with Crippen LogP contribution in [-0.2, 0) is 5.75 Å². The van der Waals surface area contributed by atoms with E-state index in [2.05, 4.69) is 22.1 Å². The van der Waals surface area contributed by atoms with Gasteiger partial charge in [0, 0.05) is 16.8 Å². The maximum Gasteiger partial charge on any atom is 0.161 e. The zero-order valence-electron chi connectivity index (χ0n) is 16.6. The summed E-state index contributed by atoms with van der Waals surface area (Å²) >= 11 is 2.84. The van der Waals surface area contributed by atoms with Crippen LogP contribution in [0.3, 0.4) is 0 Å². The van der Waals surface area contributed by atoms with Crippen molar-refractivity contribution in [2.24, 2.45) is 0 Å². The quantitative estimate of drug-likeness (QED) is 0.425. The second-order valence-corrected chi connectivity index (χ2v) is 8.23. The summed E-state index contributed by atoms with van der Waals surface area (Å²) in [6.45, 7) is 3.81. The summed E-state index contributed by atoms with van der Waals surface area (Å²) in [7, 11) is 1.47. The molecule has 1 N–H and O–H groups in total. The van der Waals surface area contributed by atoms with Crippen molar-refractivity contribution < 1.29 is 9.84 Å². The van der Waals surface area contributed by atoms with E-state index in [4.69, 9.17) is 4.74 Å². The molecule has 0 aliphatic rings. The van der Waals surface area contributed by atoms with Gasteiger partial charge in [0.2, 0.25) is 0 Å². The lowest BCUT2D eigenvalue weighted by Gasteiger charge is -2.06. The number of rotatable bonds is 6. The molecule has 0 aliphatic carbocycles. The van der Waals surface area contributed by atoms with Gasteiger partial charge < -0.3 is 9.84 Å². The van der Waals surface area contributed by atoms with Crippen LogP contribution in [0.15, 0.2) is 34.7 Å². The van der Waals surface area contributed by atoms with E-state index in [-0.39, 0.29) is 5.75 Å². The number of thioether (sulfide) groups is 1. The molecule has 0 aliphatic heterocycles. The van der Waals surface area contributed by atoms with Crippen molar-refractivity contribution in [3.63, 3.8) is 0 Å². The van der Waals surface area contributed by atoms with E-state index in [9.17, 15) is 15.6 Å². The van der Waals surface area contributed by atoms with Gasteiger partial charge in [-0.2, -0.15) is 10.5 Å². The molecule has 0 saturated carbocycles. The lowest BCUT2D eigenvalue weighted by atomic mass is 10.1. The number of hydrogen-bond acceptors (Lipinski definition) is 8. The highest BCUT2D eigenvalue weighted by atomic mass is 32.2. The van der Waals surface area contributed by atoms with Crippen LogP contribution in [0.2, 0.25) is 0 Å². The Hall–Kier alpha value is -3.33. The molecule has 0 fully saturated rings. The van der Waals surface area contributed by atoms with Gasteiger partial charge in [-0.1, -0.05) is 17.8 Å². The van der Waals surface area contributed by atoms with Gasteiger partial charge in [0.05, 0.1) is 23.9 Å². The molecule has 0 spiro atoms. The van der Waals surface area contributed by atoms with E-state index in [1.807, 2.05) is 25.3 Å². The molecule has 150 valence electrons. The number of pyridine rings is 1. The SMILES string of the molecule is COc1cc(C=C(C#N)c2nc(CSc3nc(C)cc(C)c3C#N)cs2)ccc1O. The van der Waals surface area contributed by atoms with Crippen LogP contribution >= 0.6 is 23.1 Å². The second-order valence-electron chi connectivity index (χ2n) is 6.41. The second kappa shape index (κ2) is 9.45. The van der Waals surface area contributed by atoms with Gasteiger partial charge >= 0.3 is 0 Å². The minimum atomic E-state index is 0.0402. The number of aromatic hydroxyl groups is 1. The molecule has 0 radical (unpaired) electrons. The van der Waals surface area contributed by atoms with Gasteiger partial charge in [0.15, 0.2) is 11.5 Å². The maximum absolute atomic E-state index is 9.72. The number of benzene rings is 1. The first kappa shape index (κ1) is 21.4. The first-order valence-corrected chi connectivity index (χ1v) is 10.8. The van der Waals surface area contributed by atoms with Gasteiger partial charge in [0.1, 0.15) is 22.2 Å². The summed E-state index contributed by atoms with van der Waals surface area (Å²) in [5.41, 5.74) is 4.32. The molecular formula is C22H18N4O2S2. The van der Waals surface area contributed by atoms with Crippen molar-refractivity contribution in [3.05, 3.63) is 62.7 Å². The van der Waals surface area contributed by atoms with Crippen LogP contribution < -0.4 is 4.74 Å². The third-order valence-electron chi connectivity index (χ3n) is 4.20. The topological polar surface area (TPSA) is 103 Å². The standard InChI is InChI=1S/C22H18N4O2S2/c1-13-6-14(2)25-22(18(13)10-24)30-12-17-11-29-21(26-17)16(9-23)7-15-4-5-19(27)20(8-15)28-3/h4-8,11,27H,12H2,1-3H3. The van der Waals surface area contributed by atoms with E-state index >= 15 is 0 Å². The summed E-state index contributed by atoms with van der Waals surface area (Å²) < 4.78 is 5.11. The van der Waals surface area contributed by atoms with Crippen LogP contribution in [0, 0.1) is 36.5 Å². The summed E-state index contributed by atoms with van der Waals surface area (Å²) in [5.74, 6) is 0.928. The van der Waals surface area contributed by atoms with Gasteiger partial charge in [-0.15, -0.1) is 11.3 Å². The van der Waals surface area contributed by atoms with Crippen LogP contribution in [0.1, 0.15) is 33.1 Å². The molecular weight excluding hydrogens is 416 g/mol. The first-order valence-electron chi connectivity index (χ1n) is 8.90. The number of allylic oxidation sites excluding steroid dienone is 1. The van der Waals surface area contributed by atoms with Crippen molar-refractivity contribution in [3.8, 4) is 23.6 Å². The number of methoxy groups -OCH3 is 1. The predicted octanol–water partition coefficient (Wildman–Crippen LogP) is 5.10.